The zero-order chi connectivity index (χ0) is 17.5. The van der Waals surface area contributed by atoms with Gasteiger partial charge in [-0.2, -0.15) is 0 Å². The summed E-state index contributed by atoms with van der Waals surface area (Å²) in [7, 11) is 2.87. The Morgan fingerprint density at radius 2 is 2.00 bits per heavy atom. The van der Waals surface area contributed by atoms with Crippen molar-refractivity contribution in [3.05, 3.63) is 35.9 Å². The van der Waals surface area contributed by atoms with E-state index >= 15 is 0 Å². The van der Waals surface area contributed by atoms with E-state index in [9.17, 15) is 9.18 Å². The number of alkyl halides is 1. The van der Waals surface area contributed by atoms with Gasteiger partial charge >= 0.3 is 0 Å². The molecule has 2 rings (SSSR count). The van der Waals surface area contributed by atoms with E-state index in [0.29, 0.717) is 0 Å². The second-order valence-corrected chi connectivity index (χ2v) is 5.67. The smallest absolute Gasteiger partial charge is 0.217 e. The number of carbonyl (C=O) groups is 1. The summed E-state index contributed by atoms with van der Waals surface area (Å²) in [5.41, 5.74) is 0.947. The third-order valence-corrected chi connectivity index (χ3v) is 3.86. The molecule has 24 heavy (non-hydrogen) atoms. The first kappa shape index (κ1) is 18.8. The van der Waals surface area contributed by atoms with E-state index in [1.165, 1.54) is 21.1 Å². The molecule has 1 saturated heterocycles. The van der Waals surface area contributed by atoms with Crippen molar-refractivity contribution in [3.63, 3.8) is 0 Å². The van der Waals surface area contributed by atoms with Gasteiger partial charge in [0.2, 0.25) is 5.91 Å². The van der Waals surface area contributed by atoms with E-state index in [1.54, 1.807) is 0 Å². The lowest BCUT2D eigenvalue weighted by Gasteiger charge is -2.42. The molecule has 1 N–H and O–H groups in total. The fraction of sp³-hybridized carbons (Fsp3) is 0.588. The summed E-state index contributed by atoms with van der Waals surface area (Å²) in [6, 6.07) is 8.77. The first-order valence-corrected chi connectivity index (χ1v) is 7.80. The van der Waals surface area contributed by atoms with Crippen LogP contribution in [0.25, 0.3) is 0 Å². The lowest BCUT2D eigenvalue weighted by Crippen LogP contribution is -2.64. The Bertz CT molecular complexity index is 515. The minimum absolute atomic E-state index is 0.0685. The first-order chi connectivity index (χ1) is 11.6. The molecule has 1 aliphatic rings. The molecule has 1 heterocycles. The van der Waals surface area contributed by atoms with Crippen LogP contribution in [0.3, 0.4) is 0 Å². The highest BCUT2D eigenvalue weighted by molar-refractivity contribution is 5.73. The van der Waals surface area contributed by atoms with Crippen LogP contribution in [0.5, 0.6) is 0 Å². The van der Waals surface area contributed by atoms with Crippen molar-refractivity contribution >= 4 is 5.91 Å². The van der Waals surface area contributed by atoms with Crippen LogP contribution in [0.1, 0.15) is 12.5 Å². The molecule has 0 saturated carbocycles. The molecule has 0 spiro atoms. The van der Waals surface area contributed by atoms with E-state index in [-0.39, 0.29) is 19.1 Å². The molecule has 1 amide bonds. The molecule has 0 radical (unpaired) electrons. The quantitative estimate of drug-likeness (QED) is 0.813. The average Bonchev–Trinajstić information content (AvgIpc) is 2.57. The van der Waals surface area contributed by atoms with Crippen LogP contribution < -0.4 is 5.32 Å². The van der Waals surface area contributed by atoms with Gasteiger partial charge in [0.1, 0.15) is 18.2 Å². The molecule has 1 aromatic carbocycles. The van der Waals surface area contributed by atoms with Crippen molar-refractivity contribution in [2.45, 2.75) is 44.2 Å². The Balaban J connectivity index is 2.13. The molecule has 1 fully saturated rings. The lowest BCUT2D eigenvalue weighted by molar-refractivity contribution is -0.267. The topological polar surface area (TPSA) is 66.0 Å². The van der Waals surface area contributed by atoms with E-state index in [0.717, 1.165) is 5.56 Å². The number of nitrogens with one attached hydrogen (secondary N) is 1. The molecule has 0 aliphatic carbocycles. The summed E-state index contributed by atoms with van der Waals surface area (Å²) in [4.78, 5) is 11.5. The number of ether oxygens (including phenoxy) is 4. The fourth-order valence-corrected chi connectivity index (χ4v) is 2.75. The third-order valence-electron chi connectivity index (χ3n) is 3.86. The van der Waals surface area contributed by atoms with E-state index in [1.807, 2.05) is 30.3 Å². The minimum atomic E-state index is -1.44. The van der Waals surface area contributed by atoms with E-state index in [4.69, 9.17) is 18.9 Å². The molecule has 134 valence electrons. The zero-order valence-corrected chi connectivity index (χ0v) is 14.1. The van der Waals surface area contributed by atoms with Crippen LogP contribution in [0.15, 0.2) is 30.3 Å². The Labute approximate surface area is 141 Å². The van der Waals surface area contributed by atoms with Crippen LogP contribution in [-0.4, -0.2) is 57.4 Å². The molecule has 5 atom stereocenters. The van der Waals surface area contributed by atoms with Gasteiger partial charge in [-0.3, -0.25) is 4.79 Å². The van der Waals surface area contributed by atoms with Crippen LogP contribution in [0.4, 0.5) is 4.39 Å². The van der Waals surface area contributed by atoms with Crippen molar-refractivity contribution in [3.8, 4) is 0 Å². The summed E-state index contributed by atoms with van der Waals surface area (Å²) in [6.07, 6.45) is -4.00. The number of benzene rings is 1. The van der Waals surface area contributed by atoms with Crippen LogP contribution in [-0.2, 0) is 30.3 Å². The average molecular weight is 341 g/mol. The molecular weight excluding hydrogens is 317 g/mol. The number of hydrogen-bond acceptors (Lipinski definition) is 5. The summed E-state index contributed by atoms with van der Waals surface area (Å²) in [5, 5.41) is 2.67. The third kappa shape index (κ3) is 4.73. The number of carbonyl (C=O) groups excluding carboxylic acids is 1. The largest absolute Gasteiger partial charge is 0.382 e. The number of halogens is 1. The predicted molar refractivity (Wildman–Crippen MR) is 85.1 cm³/mol. The molecule has 0 aromatic heterocycles. The van der Waals surface area contributed by atoms with Crippen LogP contribution in [0, 0.1) is 0 Å². The number of hydrogen-bond donors (Lipinski definition) is 1. The van der Waals surface area contributed by atoms with E-state index < -0.39 is 30.7 Å². The van der Waals surface area contributed by atoms with Gasteiger partial charge in [-0.1, -0.05) is 30.3 Å². The second kappa shape index (κ2) is 9.08. The van der Waals surface area contributed by atoms with Crippen molar-refractivity contribution < 1.29 is 28.1 Å². The number of methoxy groups -OCH3 is 2. The van der Waals surface area contributed by atoms with Crippen molar-refractivity contribution in [2.24, 2.45) is 0 Å². The Hall–Kier alpha value is -1.54. The lowest BCUT2D eigenvalue weighted by atomic mass is 9.97. The first-order valence-electron chi connectivity index (χ1n) is 7.80. The molecule has 6 nitrogen and oxygen atoms in total. The van der Waals surface area contributed by atoms with Crippen LogP contribution >= 0.6 is 0 Å². The fourth-order valence-electron chi connectivity index (χ4n) is 2.75. The van der Waals surface area contributed by atoms with Gasteiger partial charge in [-0.25, -0.2) is 4.39 Å². The Morgan fingerprint density at radius 1 is 1.29 bits per heavy atom. The van der Waals surface area contributed by atoms with Gasteiger partial charge in [-0.15, -0.1) is 0 Å². The van der Waals surface area contributed by atoms with Gasteiger partial charge in [0.05, 0.1) is 13.2 Å². The van der Waals surface area contributed by atoms with Gasteiger partial charge in [0.25, 0.3) is 0 Å². The van der Waals surface area contributed by atoms with Crippen molar-refractivity contribution in [1.29, 1.82) is 0 Å². The molecule has 1 aliphatic heterocycles. The normalized spacial score (nSPS) is 30.1. The summed E-state index contributed by atoms with van der Waals surface area (Å²) in [5.74, 6) is -0.309. The van der Waals surface area contributed by atoms with Gasteiger partial charge in [0.15, 0.2) is 12.5 Å². The molecule has 0 unspecified atom stereocenters. The zero-order valence-electron chi connectivity index (χ0n) is 14.1. The maximum absolute atomic E-state index is 14.6. The SMILES string of the molecule is COC[C@H]1O[C@H](OCc2ccccc2)[C@H](NC(C)=O)[C@@H](OC)[C@@H]1F. The summed E-state index contributed by atoms with van der Waals surface area (Å²) < 4.78 is 36.4. The highest BCUT2D eigenvalue weighted by Crippen LogP contribution is 2.27. The molecule has 1 aromatic rings. The van der Waals surface area contributed by atoms with Crippen LogP contribution in [0.2, 0.25) is 0 Å². The summed E-state index contributed by atoms with van der Waals surface area (Å²) >= 11 is 0. The van der Waals surface area contributed by atoms with Gasteiger partial charge in [0, 0.05) is 21.1 Å². The summed E-state index contributed by atoms with van der Waals surface area (Å²) in [6.45, 7) is 1.70. The highest BCUT2D eigenvalue weighted by Gasteiger charge is 2.47. The van der Waals surface area contributed by atoms with Crippen molar-refractivity contribution in [2.75, 3.05) is 20.8 Å². The predicted octanol–water partition coefficient (Wildman–Crippen LogP) is 1.43. The molecule has 0 bridgehead atoms. The second-order valence-electron chi connectivity index (χ2n) is 5.67. The molecular formula is C17H24FNO5. The van der Waals surface area contributed by atoms with Gasteiger partial charge in [-0.05, 0) is 5.56 Å². The highest BCUT2D eigenvalue weighted by atomic mass is 19.1. The number of amides is 1. The number of rotatable bonds is 7. The standard InChI is InChI=1S/C17H24FNO5/c1-11(20)19-15-16(22-3)14(18)13(10-21-2)24-17(15)23-9-12-7-5-4-6-8-12/h4-8,13-17H,9-10H2,1-3H3,(H,19,20)/t13-,14-,15-,16+,17+/m1/s1. The Kier molecular flexibility index (Phi) is 7.11. The maximum Gasteiger partial charge on any atom is 0.217 e. The minimum Gasteiger partial charge on any atom is -0.382 e. The maximum atomic E-state index is 14.6. The van der Waals surface area contributed by atoms with Gasteiger partial charge < -0.3 is 24.3 Å². The monoisotopic (exact) mass is 341 g/mol. The van der Waals surface area contributed by atoms with E-state index in [2.05, 4.69) is 5.32 Å². The Morgan fingerprint density at radius 3 is 2.58 bits per heavy atom. The molecule has 7 heteroatoms. The van der Waals surface area contributed by atoms with Crippen molar-refractivity contribution in [1.82, 2.24) is 5.32 Å².